The number of ether oxygens (including phenoxy) is 5. The highest BCUT2D eigenvalue weighted by molar-refractivity contribution is 5.93. The van der Waals surface area contributed by atoms with Crippen molar-refractivity contribution in [3.05, 3.63) is 101 Å². The van der Waals surface area contributed by atoms with E-state index in [-0.39, 0.29) is 31.4 Å². The van der Waals surface area contributed by atoms with E-state index in [0.29, 0.717) is 5.75 Å². The number of amides is 2. The van der Waals surface area contributed by atoms with E-state index in [0.717, 1.165) is 34.9 Å². The van der Waals surface area contributed by atoms with Crippen molar-refractivity contribution in [2.24, 2.45) is 0 Å². The van der Waals surface area contributed by atoms with Gasteiger partial charge in [0.05, 0.1) is 26.9 Å². The zero-order valence-electron chi connectivity index (χ0n) is 26.1. The molecule has 1 N–H and O–H groups in total. The maximum atomic E-state index is 13.4. The Bertz CT molecular complexity index is 1590. The van der Waals surface area contributed by atoms with Crippen molar-refractivity contribution < 1.29 is 42.9 Å². The number of nitrogens with one attached hydrogen (secondary N) is 1. The van der Waals surface area contributed by atoms with Crippen LogP contribution in [0.25, 0.3) is 11.1 Å². The number of methoxy groups -OCH3 is 2. The van der Waals surface area contributed by atoms with Crippen LogP contribution in [-0.2, 0) is 39.9 Å². The van der Waals surface area contributed by atoms with Crippen molar-refractivity contribution >= 4 is 23.9 Å². The standard InChI is InChI=1S/C35H36N2O9/c1-21(38)36-30(34(40)43-4)17-32(46-22(2)39)33(44-19-23-13-15-24(42-3)16-14-23)31-18-37(31)35(41)45-20-29-27-11-7-5-9-25(27)26-10-6-8-12-28(26)29/h5-17,29,31-33H,18-20H2,1-4H3,(H,36,38)/b30-17-/t31-,32+,33+,37?/m0/s1. The Morgan fingerprint density at radius 1 is 0.913 bits per heavy atom. The molecule has 3 aromatic rings. The molecule has 3 atom stereocenters. The largest absolute Gasteiger partial charge is 0.497 e. The highest BCUT2D eigenvalue weighted by Crippen LogP contribution is 2.44. The Morgan fingerprint density at radius 3 is 2.11 bits per heavy atom. The number of benzene rings is 3. The summed E-state index contributed by atoms with van der Waals surface area (Å²) in [7, 11) is 2.73. The minimum atomic E-state index is -1.17. The topological polar surface area (TPSA) is 129 Å². The van der Waals surface area contributed by atoms with Crippen molar-refractivity contribution in [1.82, 2.24) is 10.2 Å². The molecule has 240 valence electrons. The molecule has 0 unspecified atom stereocenters. The summed E-state index contributed by atoms with van der Waals surface area (Å²) >= 11 is 0. The smallest absolute Gasteiger partial charge is 0.410 e. The summed E-state index contributed by atoms with van der Waals surface area (Å²) in [6.07, 6.45) is -1.39. The molecule has 1 fully saturated rings. The van der Waals surface area contributed by atoms with Gasteiger partial charge in [0.15, 0.2) is 6.10 Å². The maximum absolute atomic E-state index is 13.4. The Morgan fingerprint density at radius 2 is 1.54 bits per heavy atom. The van der Waals surface area contributed by atoms with E-state index in [9.17, 15) is 19.2 Å². The molecule has 0 radical (unpaired) electrons. The molecule has 1 heterocycles. The number of rotatable bonds is 12. The summed E-state index contributed by atoms with van der Waals surface area (Å²) in [5, 5.41) is 2.42. The van der Waals surface area contributed by atoms with Crippen LogP contribution in [0.3, 0.4) is 0 Å². The number of esters is 2. The van der Waals surface area contributed by atoms with Crippen LogP contribution in [0.2, 0.25) is 0 Å². The van der Waals surface area contributed by atoms with Gasteiger partial charge in [-0.15, -0.1) is 0 Å². The molecule has 0 bridgehead atoms. The van der Waals surface area contributed by atoms with Crippen molar-refractivity contribution in [2.45, 2.75) is 44.6 Å². The highest BCUT2D eigenvalue weighted by Gasteiger charge is 2.50. The third-order valence-corrected chi connectivity index (χ3v) is 7.87. The Labute approximate surface area is 267 Å². The van der Waals surface area contributed by atoms with Gasteiger partial charge in [-0.1, -0.05) is 60.7 Å². The Hall–Kier alpha value is -5.16. The fourth-order valence-corrected chi connectivity index (χ4v) is 5.67. The quantitative estimate of drug-likeness (QED) is 0.135. The summed E-state index contributed by atoms with van der Waals surface area (Å²) in [5.74, 6) is -1.47. The number of fused-ring (bicyclic) bond motifs is 3. The van der Waals surface area contributed by atoms with Gasteiger partial charge in [-0.25, -0.2) is 9.59 Å². The normalized spacial score (nSPS) is 16.4. The molecule has 1 saturated heterocycles. The Balaban J connectivity index is 1.36. The van der Waals surface area contributed by atoms with E-state index < -0.39 is 42.2 Å². The van der Waals surface area contributed by atoms with Gasteiger partial charge in [-0.3, -0.25) is 14.5 Å². The van der Waals surface area contributed by atoms with Crippen molar-refractivity contribution in [1.29, 1.82) is 0 Å². The maximum Gasteiger partial charge on any atom is 0.410 e. The monoisotopic (exact) mass is 628 g/mol. The molecule has 46 heavy (non-hydrogen) atoms. The molecule has 11 nitrogen and oxygen atoms in total. The lowest BCUT2D eigenvalue weighted by Crippen LogP contribution is -2.40. The second-order valence-electron chi connectivity index (χ2n) is 11.0. The molecule has 1 aliphatic carbocycles. The van der Waals surface area contributed by atoms with Crippen LogP contribution in [0.5, 0.6) is 5.75 Å². The van der Waals surface area contributed by atoms with Gasteiger partial charge in [-0.05, 0) is 46.0 Å². The first-order valence-electron chi connectivity index (χ1n) is 14.8. The van der Waals surface area contributed by atoms with Crippen LogP contribution in [0.1, 0.15) is 36.5 Å². The predicted molar refractivity (Wildman–Crippen MR) is 167 cm³/mol. The van der Waals surface area contributed by atoms with Gasteiger partial charge < -0.3 is 29.0 Å². The van der Waals surface area contributed by atoms with E-state index in [4.69, 9.17) is 23.7 Å². The summed E-state index contributed by atoms with van der Waals surface area (Å²) in [6, 6.07) is 22.8. The SMILES string of the molecule is COC(=O)/C(=C/[C@@H](OC(C)=O)[C@H](OCc1ccc(OC)cc1)[C@@H]1CN1C(=O)OCC1c2ccccc2-c2ccccc21)NC(C)=O. The third-order valence-electron chi connectivity index (χ3n) is 7.87. The number of nitrogens with zero attached hydrogens (tertiary/aromatic N) is 1. The van der Waals surface area contributed by atoms with Crippen molar-refractivity contribution in [3.8, 4) is 16.9 Å². The van der Waals surface area contributed by atoms with E-state index in [2.05, 4.69) is 17.4 Å². The first kappa shape index (κ1) is 32.2. The van der Waals surface area contributed by atoms with Gasteiger partial charge in [0.1, 0.15) is 24.2 Å². The summed E-state index contributed by atoms with van der Waals surface area (Å²) < 4.78 is 27.8. The summed E-state index contributed by atoms with van der Waals surface area (Å²) in [4.78, 5) is 51.4. The molecular weight excluding hydrogens is 592 g/mol. The fourth-order valence-electron chi connectivity index (χ4n) is 5.67. The minimum absolute atomic E-state index is 0.0863. The molecule has 2 aliphatic rings. The van der Waals surface area contributed by atoms with Crippen LogP contribution in [0.4, 0.5) is 4.79 Å². The molecule has 11 heteroatoms. The lowest BCUT2D eigenvalue weighted by Gasteiger charge is -2.26. The van der Waals surface area contributed by atoms with Gasteiger partial charge >= 0.3 is 18.0 Å². The van der Waals surface area contributed by atoms with Crippen LogP contribution in [0.15, 0.2) is 84.6 Å². The number of hydrogen-bond acceptors (Lipinski definition) is 9. The zero-order valence-corrected chi connectivity index (χ0v) is 26.1. The molecule has 1 aliphatic heterocycles. The molecule has 0 spiro atoms. The predicted octanol–water partition coefficient (Wildman–Crippen LogP) is 4.34. The minimum Gasteiger partial charge on any atom is -0.497 e. The molecular formula is C35H36N2O9. The number of carbonyl (C=O) groups is 4. The third kappa shape index (κ3) is 7.37. The number of carbonyl (C=O) groups excluding carboxylic acids is 4. The van der Waals surface area contributed by atoms with Crippen molar-refractivity contribution in [3.63, 3.8) is 0 Å². The summed E-state index contributed by atoms with van der Waals surface area (Å²) in [5.41, 5.74) is 4.98. The van der Waals surface area contributed by atoms with E-state index in [1.807, 2.05) is 48.5 Å². The number of hydrogen-bond donors (Lipinski definition) is 1. The molecule has 2 amide bonds. The first-order valence-corrected chi connectivity index (χ1v) is 14.8. The molecule has 5 rings (SSSR count). The molecule has 3 aromatic carbocycles. The van der Waals surface area contributed by atoms with Crippen LogP contribution in [-0.4, -0.2) is 74.5 Å². The van der Waals surface area contributed by atoms with E-state index in [1.165, 1.54) is 24.8 Å². The fraction of sp³-hybridized carbons (Fsp3) is 0.314. The van der Waals surface area contributed by atoms with Crippen LogP contribution in [0, 0.1) is 0 Å². The molecule has 0 aromatic heterocycles. The lowest BCUT2D eigenvalue weighted by atomic mass is 9.98. The van der Waals surface area contributed by atoms with Crippen LogP contribution < -0.4 is 10.1 Å². The first-order chi connectivity index (χ1) is 22.2. The zero-order chi connectivity index (χ0) is 32.8. The lowest BCUT2D eigenvalue weighted by molar-refractivity contribution is -0.152. The van der Waals surface area contributed by atoms with E-state index in [1.54, 1.807) is 19.2 Å². The second kappa shape index (κ2) is 14.3. The van der Waals surface area contributed by atoms with Gasteiger partial charge in [0.2, 0.25) is 5.91 Å². The average molecular weight is 629 g/mol. The molecule has 0 saturated carbocycles. The Kier molecular flexibility index (Phi) is 10.0. The summed E-state index contributed by atoms with van der Waals surface area (Å²) in [6.45, 7) is 2.92. The van der Waals surface area contributed by atoms with Gasteiger partial charge in [0.25, 0.3) is 0 Å². The highest BCUT2D eigenvalue weighted by atomic mass is 16.6. The average Bonchev–Trinajstić information content (AvgIpc) is 3.78. The van der Waals surface area contributed by atoms with Gasteiger partial charge in [0, 0.05) is 26.3 Å². The second-order valence-corrected chi connectivity index (χ2v) is 11.0. The van der Waals surface area contributed by atoms with E-state index >= 15 is 0 Å². The van der Waals surface area contributed by atoms with Crippen LogP contribution >= 0.6 is 0 Å². The van der Waals surface area contributed by atoms with Crippen molar-refractivity contribution in [2.75, 3.05) is 27.4 Å². The van der Waals surface area contributed by atoms with Gasteiger partial charge in [-0.2, -0.15) is 0 Å².